The SMILES string of the molecule is [2H][C@H]1C[C@H](OC(=O)c2ccccc2)[C@@H](COC(=O)c2ccccc2)O[C@@H]1O. The van der Waals surface area contributed by atoms with Gasteiger partial charge in [-0.3, -0.25) is 0 Å². The Morgan fingerprint density at radius 3 is 2.23 bits per heavy atom. The highest BCUT2D eigenvalue weighted by atomic mass is 16.6. The lowest BCUT2D eigenvalue weighted by Gasteiger charge is -2.33. The van der Waals surface area contributed by atoms with Crippen LogP contribution >= 0.6 is 0 Å². The minimum atomic E-state index is -1.34. The molecule has 0 radical (unpaired) electrons. The van der Waals surface area contributed by atoms with Gasteiger partial charge in [-0.15, -0.1) is 0 Å². The first-order valence-electron chi connectivity index (χ1n) is 8.86. The molecule has 1 fully saturated rings. The van der Waals surface area contributed by atoms with E-state index in [1.807, 2.05) is 0 Å². The van der Waals surface area contributed by atoms with Crippen molar-refractivity contribution >= 4 is 11.9 Å². The molecule has 2 aromatic carbocycles. The molecule has 0 aromatic heterocycles. The Bertz CT molecular complexity index is 767. The minimum Gasteiger partial charge on any atom is -0.459 e. The number of esters is 2. The van der Waals surface area contributed by atoms with Crippen LogP contribution in [0, 0.1) is 0 Å². The Kier molecular flexibility index (Phi) is 5.54. The molecule has 0 amide bonds. The fourth-order valence-corrected chi connectivity index (χ4v) is 2.59. The zero-order valence-electron chi connectivity index (χ0n) is 15.0. The smallest absolute Gasteiger partial charge is 0.338 e. The van der Waals surface area contributed by atoms with Crippen molar-refractivity contribution < 1.29 is 30.3 Å². The van der Waals surface area contributed by atoms with Crippen LogP contribution in [-0.2, 0) is 14.2 Å². The maximum Gasteiger partial charge on any atom is 0.338 e. The van der Waals surface area contributed by atoms with Crippen molar-refractivity contribution in [3.8, 4) is 0 Å². The number of ether oxygens (including phenoxy) is 3. The number of benzene rings is 2. The summed E-state index contributed by atoms with van der Waals surface area (Å²) in [5.74, 6) is -1.11. The fraction of sp³-hybridized carbons (Fsp3) is 0.300. The van der Waals surface area contributed by atoms with E-state index in [-0.39, 0.29) is 13.0 Å². The molecule has 1 aliphatic heterocycles. The van der Waals surface area contributed by atoms with Crippen LogP contribution in [0.1, 0.15) is 34.9 Å². The van der Waals surface area contributed by atoms with Crippen molar-refractivity contribution in [2.75, 3.05) is 6.61 Å². The molecular formula is C20H20O6. The van der Waals surface area contributed by atoms with E-state index in [2.05, 4.69) is 0 Å². The molecule has 0 saturated carbocycles. The van der Waals surface area contributed by atoms with Crippen LogP contribution in [0.2, 0.25) is 0 Å². The lowest BCUT2D eigenvalue weighted by Crippen LogP contribution is -2.44. The predicted octanol–water partition coefficient (Wildman–Crippen LogP) is 2.57. The summed E-state index contributed by atoms with van der Waals surface area (Å²) in [5.41, 5.74) is 0.746. The zero-order valence-corrected chi connectivity index (χ0v) is 14.0. The highest BCUT2D eigenvalue weighted by Gasteiger charge is 2.34. The van der Waals surface area contributed by atoms with Crippen LogP contribution in [0.15, 0.2) is 60.7 Å². The average molecular weight is 357 g/mol. The van der Waals surface area contributed by atoms with E-state index >= 15 is 0 Å². The average Bonchev–Trinajstić information content (AvgIpc) is 2.70. The number of aliphatic hydroxyl groups is 1. The maximum atomic E-state index is 12.3. The summed E-state index contributed by atoms with van der Waals surface area (Å²) >= 11 is 0. The van der Waals surface area contributed by atoms with E-state index in [4.69, 9.17) is 15.6 Å². The van der Waals surface area contributed by atoms with Crippen molar-refractivity contribution in [2.24, 2.45) is 0 Å². The largest absolute Gasteiger partial charge is 0.459 e. The molecule has 136 valence electrons. The van der Waals surface area contributed by atoms with Gasteiger partial charge in [0.1, 0.15) is 18.8 Å². The molecular weight excluding hydrogens is 336 g/mol. The Hall–Kier alpha value is -2.70. The summed E-state index contributed by atoms with van der Waals surface area (Å²) < 4.78 is 23.9. The molecule has 6 nitrogen and oxygen atoms in total. The van der Waals surface area contributed by atoms with Gasteiger partial charge in [0.25, 0.3) is 0 Å². The van der Waals surface area contributed by atoms with E-state index in [0.717, 1.165) is 0 Å². The molecule has 26 heavy (non-hydrogen) atoms. The highest BCUT2D eigenvalue weighted by molar-refractivity contribution is 5.90. The molecule has 0 unspecified atom stereocenters. The molecule has 1 saturated heterocycles. The quantitative estimate of drug-likeness (QED) is 0.828. The summed E-state index contributed by atoms with van der Waals surface area (Å²) in [4.78, 5) is 24.4. The van der Waals surface area contributed by atoms with Crippen LogP contribution in [0.4, 0.5) is 0 Å². The monoisotopic (exact) mass is 357 g/mol. The number of hydrogen-bond donors (Lipinski definition) is 1. The number of rotatable bonds is 5. The molecule has 6 heteroatoms. The molecule has 0 aliphatic carbocycles. The lowest BCUT2D eigenvalue weighted by atomic mass is 10.0. The second kappa shape index (κ2) is 8.60. The number of aliphatic hydroxyl groups excluding tert-OH is 1. The number of carbonyl (C=O) groups excluding carboxylic acids is 2. The molecule has 2 aromatic rings. The fourth-order valence-electron chi connectivity index (χ4n) is 2.59. The van der Waals surface area contributed by atoms with Crippen molar-refractivity contribution in [3.05, 3.63) is 71.8 Å². The van der Waals surface area contributed by atoms with Gasteiger partial charge in [0, 0.05) is 7.77 Å². The Balaban J connectivity index is 1.65. The maximum absolute atomic E-state index is 12.3. The van der Waals surface area contributed by atoms with E-state index in [1.54, 1.807) is 60.7 Å². The van der Waals surface area contributed by atoms with Crippen LogP contribution < -0.4 is 0 Å². The van der Waals surface area contributed by atoms with Crippen LogP contribution in [0.25, 0.3) is 0 Å². The molecule has 1 aliphatic rings. The van der Waals surface area contributed by atoms with Crippen LogP contribution in [0.5, 0.6) is 0 Å². The second-order valence-electron chi connectivity index (χ2n) is 5.81. The van der Waals surface area contributed by atoms with E-state index in [9.17, 15) is 14.7 Å². The van der Waals surface area contributed by atoms with Gasteiger partial charge in [0.05, 0.1) is 11.1 Å². The summed E-state index contributed by atoms with van der Waals surface area (Å²) in [6.07, 6.45) is -3.89. The van der Waals surface area contributed by atoms with Crippen molar-refractivity contribution in [2.45, 2.75) is 31.3 Å². The van der Waals surface area contributed by atoms with E-state index in [0.29, 0.717) is 11.1 Å². The van der Waals surface area contributed by atoms with Gasteiger partial charge in [-0.1, -0.05) is 36.4 Å². The summed E-state index contributed by atoms with van der Waals surface area (Å²) in [5, 5.41) is 9.81. The summed E-state index contributed by atoms with van der Waals surface area (Å²) in [6.45, 7) is -0.204. The van der Waals surface area contributed by atoms with Crippen molar-refractivity contribution in [1.82, 2.24) is 0 Å². The van der Waals surface area contributed by atoms with Gasteiger partial charge >= 0.3 is 11.9 Å². The van der Waals surface area contributed by atoms with Crippen molar-refractivity contribution in [1.29, 1.82) is 0 Å². The Labute approximate surface area is 152 Å². The minimum absolute atomic E-state index is 0.0767. The molecule has 3 rings (SSSR count). The first kappa shape index (κ1) is 16.8. The number of carbonyl (C=O) groups is 2. The van der Waals surface area contributed by atoms with Gasteiger partial charge in [-0.25, -0.2) is 9.59 Å². The third-order valence-corrected chi connectivity index (χ3v) is 3.96. The van der Waals surface area contributed by atoms with Crippen LogP contribution in [0.3, 0.4) is 0 Å². The third-order valence-electron chi connectivity index (χ3n) is 3.96. The van der Waals surface area contributed by atoms with Gasteiger partial charge in [-0.05, 0) is 30.7 Å². The Morgan fingerprint density at radius 2 is 1.62 bits per heavy atom. The summed E-state index contributed by atoms with van der Waals surface area (Å²) in [6, 6.07) is 16.9. The highest BCUT2D eigenvalue weighted by Crippen LogP contribution is 2.23. The number of hydrogen-bond acceptors (Lipinski definition) is 6. The normalized spacial score (nSPS) is 25.8. The van der Waals surface area contributed by atoms with E-state index < -0.39 is 36.8 Å². The standard InChI is InChI=1S/C20H20O6/c21-18-12-11-16(26-20(23)15-9-5-2-6-10-15)17(25-18)13-24-19(22)14-7-3-1-4-8-14/h1-10,16-18,21H,11-13H2/t16-,17+,18-/m0/s1/i12D/t12-,16-,17+,18-. The molecule has 0 bridgehead atoms. The van der Waals surface area contributed by atoms with Crippen LogP contribution in [-0.4, -0.2) is 42.1 Å². The van der Waals surface area contributed by atoms with E-state index in [1.165, 1.54) is 0 Å². The second-order valence-corrected chi connectivity index (χ2v) is 5.81. The molecule has 0 spiro atoms. The topological polar surface area (TPSA) is 82.1 Å². The van der Waals surface area contributed by atoms with Gasteiger partial charge in [0.2, 0.25) is 0 Å². The lowest BCUT2D eigenvalue weighted by molar-refractivity contribution is -0.208. The van der Waals surface area contributed by atoms with Gasteiger partial charge in [0.15, 0.2) is 6.29 Å². The zero-order chi connectivity index (χ0) is 19.2. The summed E-state index contributed by atoms with van der Waals surface area (Å²) in [7, 11) is 0. The third kappa shape index (κ3) is 4.68. The Morgan fingerprint density at radius 1 is 1.04 bits per heavy atom. The molecule has 1 N–H and O–H groups in total. The van der Waals surface area contributed by atoms with Gasteiger partial charge < -0.3 is 19.3 Å². The molecule has 1 heterocycles. The molecule has 4 atom stereocenters. The van der Waals surface area contributed by atoms with Crippen molar-refractivity contribution in [3.63, 3.8) is 0 Å². The first-order chi connectivity index (χ1) is 13.0. The first-order valence-corrected chi connectivity index (χ1v) is 8.28. The predicted molar refractivity (Wildman–Crippen MR) is 92.5 cm³/mol. The van der Waals surface area contributed by atoms with Gasteiger partial charge in [-0.2, -0.15) is 0 Å².